The number of benzene rings is 2. The van der Waals surface area contributed by atoms with Crippen LogP contribution in [0.25, 0.3) is 0 Å². The Labute approximate surface area is 156 Å². The van der Waals surface area contributed by atoms with E-state index in [0.29, 0.717) is 11.7 Å². The van der Waals surface area contributed by atoms with Gasteiger partial charge in [0.05, 0.1) is 12.3 Å². The number of nitrogens with zero attached hydrogens (tertiary/aromatic N) is 1. The molecule has 0 spiro atoms. The number of ether oxygens (including phenoxy) is 1. The molecule has 25 heavy (non-hydrogen) atoms. The minimum Gasteiger partial charge on any atom is -0.492 e. The van der Waals surface area contributed by atoms with E-state index in [1.165, 1.54) is 11.3 Å². The van der Waals surface area contributed by atoms with Gasteiger partial charge in [0, 0.05) is 25.3 Å². The molecule has 2 rings (SSSR count). The second-order valence-corrected chi connectivity index (χ2v) is 6.13. The third kappa shape index (κ3) is 5.94. The van der Waals surface area contributed by atoms with Crippen LogP contribution in [0, 0.1) is 6.92 Å². The first-order chi connectivity index (χ1) is 12.1. The lowest BCUT2D eigenvalue weighted by Crippen LogP contribution is -2.37. The molecule has 4 nitrogen and oxygen atoms in total. The van der Waals surface area contributed by atoms with Crippen molar-refractivity contribution < 1.29 is 4.74 Å². The Morgan fingerprint density at radius 3 is 2.48 bits per heavy atom. The maximum atomic E-state index is 5.61. The van der Waals surface area contributed by atoms with E-state index >= 15 is 0 Å². The van der Waals surface area contributed by atoms with Gasteiger partial charge >= 0.3 is 0 Å². The fraction of sp³-hybridized carbons (Fsp3) is 0.350. The fourth-order valence-electron chi connectivity index (χ4n) is 2.55. The molecule has 0 aromatic heterocycles. The van der Waals surface area contributed by atoms with Gasteiger partial charge < -0.3 is 20.3 Å². The highest BCUT2D eigenvalue weighted by Gasteiger charge is 2.06. The van der Waals surface area contributed by atoms with Crippen LogP contribution in [0.15, 0.2) is 48.5 Å². The number of hydrogen-bond donors (Lipinski definition) is 2. The van der Waals surface area contributed by atoms with E-state index < -0.39 is 0 Å². The van der Waals surface area contributed by atoms with Gasteiger partial charge in [0.25, 0.3) is 0 Å². The molecule has 0 radical (unpaired) electrons. The molecule has 0 aliphatic rings. The summed E-state index contributed by atoms with van der Waals surface area (Å²) >= 11 is 5.41. The summed E-state index contributed by atoms with van der Waals surface area (Å²) in [5, 5.41) is 7.08. The fourth-order valence-corrected chi connectivity index (χ4v) is 2.76. The second kappa shape index (κ2) is 9.89. The van der Waals surface area contributed by atoms with Crippen LogP contribution in [0.5, 0.6) is 5.75 Å². The maximum Gasteiger partial charge on any atom is 0.170 e. The van der Waals surface area contributed by atoms with Gasteiger partial charge in [-0.05, 0) is 57.3 Å². The molecular formula is C20H27N3OS. The Kier molecular flexibility index (Phi) is 7.54. The van der Waals surface area contributed by atoms with Crippen molar-refractivity contribution in [3.63, 3.8) is 0 Å². The van der Waals surface area contributed by atoms with Crippen LogP contribution in [0.3, 0.4) is 0 Å². The summed E-state index contributed by atoms with van der Waals surface area (Å²) in [4.78, 5) is 2.32. The second-order valence-electron chi connectivity index (χ2n) is 5.73. The highest BCUT2D eigenvalue weighted by Crippen LogP contribution is 2.23. The maximum absolute atomic E-state index is 5.61. The van der Waals surface area contributed by atoms with Crippen LogP contribution in [0.1, 0.15) is 19.4 Å². The molecule has 134 valence electrons. The van der Waals surface area contributed by atoms with Crippen LogP contribution in [-0.4, -0.2) is 31.4 Å². The van der Waals surface area contributed by atoms with Gasteiger partial charge in [0.1, 0.15) is 5.75 Å². The molecule has 0 saturated carbocycles. The Morgan fingerprint density at radius 2 is 1.80 bits per heavy atom. The molecule has 0 fully saturated rings. The highest BCUT2D eigenvalue weighted by atomic mass is 32.1. The Balaban J connectivity index is 1.84. The molecule has 0 aliphatic carbocycles. The smallest absolute Gasteiger partial charge is 0.170 e. The van der Waals surface area contributed by atoms with E-state index in [9.17, 15) is 0 Å². The van der Waals surface area contributed by atoms with Crippen molar-refractivity contribution in [2.75, 3.05) is 36.5 Å². The number of nitrogens with one attached hydrogen (secondary N) is 2. The lowest BCUT2D eigenvalue weighted by Gasteiger charge is -2.24. The summed E-state index contributed by atoms with van der Waals surface area (Å²) < 4.78 is 5.61. The topological polar surface area (TPSA) is 36.5 Å². The van der Waals surface area contributed by atoms with Crippen LogP contribution >= 0.6 is 12.2 Å². The van der Waals surface area contributed by atoms with Crippen molar-refractivity contribution in [2.45, 2.75) is 20.8 Å². The number of anilines is 2. The lowest BCUT2D eigenvalue weighted by atomic mass is 10.2. The van der Waals surface area contributed by atoms with Gasteiger partial charge in [-0.3, -0.25) is 0 Å². The quantitative estimate of drug-likeness (QED) is 0.692. The highest BCUT2D eigenvalue weighted by molar-refractivity contribution is 7.80. The van der Waals surface area contributed by atoms with Crippen molar-refractivity contribution in [1.29, 1.82) is 0 Å². The third-order valence-corrected chi connectivity index (χ3v) is 4.13. The Hall–Kier alpha value is -2.27. The Morgan fingerprint density at radius 1 is 1.08 bits per heavy atom. The minimum atomic E-state index is 0.604. The zero-order valence-corrected chi connectivity index (χ0v) is 16.0. The first-order valence-corrected chi connectivity index (χ1v) is 9.13. The first kappa shape index (κ1) is 19.1. The molecule has 0 aliphatic heterocycles. The van der Waals surface area contributed by atoms with Gasteiger partial charge in [-0.2, -0.15) is 0 Å². The summed E-state index contributed by atoms with van der Waals surface area (Å²) in [5.41, 5.74) is 3.39. The van der Waals surface area contributed by atoms with Crippen molar-refractivity contribution in [2.24, 2.45) is 0 Å². The number of thiocarbonyl (C=S) groups is 1. The van der Waals surface area contributed by atoms with Crippen molar-refractivity contribution in [3.05, 3.63) is 54.1 Å². The van der Waals surface area contributed by atoms with Crippen LogP contribution in [-0.2, 0) is 0 Å². The van der Waals surface area contributed by atoms with Crippen LogP contribution < -0.4 is 20.3 Å². The summed E-state index contributed by atoms with van der Waals surface area (Å²) in [7, 11) is 0. The zero-order chi connectivity index (χ0) is 18.1. The average molecular weight is 358 g/mol. The number of likely N-dealkylation sites (N-methyl/N-ethyl adjacent to an activating group) is 1. The predicted octanol–water partition coefficient (Wildman–Crippen LogP) is 4.21. The molecule has 0 amide bonds. The van der Waals surface area contributed by atoms with E-state index in [-0.39, 0.29) is 0 Å². The van der Waals surface area contributed by atoms with Crippen LogP contribution in [0.2, 0.25) is 0 Å². The monoisotopic (exact) mass is 357 g/mol. The minimum absolute atomic E-state index is 0.604. The molecule has 0 unspecified atom stereocenters. The number of aryl methyl sites for hydroxylation is 1. The SMILES string of the molecule is CCOc1ccccc1NC(=S)NCCN(CC)c1ccc(C)cc1. The predicted molar refractivity (Wildman–Crippen MR) is 111 cm³/mol. The molecule has 0 bridgehead atoms. The standard InChI is InChI=1S/C20H27N3OS/c1-4-23(17-12-10-16(3)11-13-17)15-14-21-20(25)22-18-8-6-7-9-19(18)24-5-2/h6-13H,4-5,14-15H2,1-3H3,(H2,21,22,25). The van der Waals surface area contributed by atoms with Crippen molar-refractivity contribution >= 4 is 28.7 Å². The molecule has 2 N–H and O–H groups in total. The molecule has 0 atom stereocenters. The van der Waals surface area contributed by atoms with E-state index in [0.717, 1.165) is 31.1 Å². The number of para-hydroxylation sites is 2. The summed E-state index contributed by atoms with van der Waals surface area (Å²) in [5.74, 6) is 0.809. The molecule has 0 heterocycles. The van der Waals surface area contributed by atoms with Crippen LogP contribution in [0.4, 0.5) is 11.4 Å². The number of rotatable bonds is 8. The third-order valence-electron chi connectivity index (χ3n) is 3.88. The molecular weight excluding hydrogens is 330 g/mol. The van der Waals surface area contributed by atoms with Gasteiger partial charge in [-0.1, -0.05) is 29.8 Å². The van der Waals surface area contributed by atoms with Crippen molar-refractivity contribution in [3.8, 4) is 5.75 Å². The normalized spacial score (nSPS) is 10.2. The largest absolute Gasteiger partial charge is 0.492 e. The van der Waals surface area contributed by atoms with Gasteiger partial charge in [0.15, 0.2) is 5.11 Å². The van der Waals surface area contributed by atoms with Gasteiger partial charge in [-0.25, -0.2) is 0 Å². The van der Waals surface area contributed by atoms with Gasteiger partial charge in [0.2, 0.25) is 0 Å². The van der Waals surface area contributed by atoms with E-state index in [1.807, 2.05) is 31.2 Å². The zero-order valence-electron chi connectivity index (χ0n) is 15.2. The van der Waals surface area contributed by atoms with E-state index in [4.69, 9.17) is 17.0 Å². The lowest BCUT2D eigenvalue weighted by molar-refractivity contribution is 0.342. The van der Waals surface area contributed by atoms with Gasteiger partial charge in [-0.15, -0.1) is 0 Å². The summed E-state index contributed by atoms with van der Waals surface area (Å²) in [6.45, 7) is 9.47. The molecule has 5 heteroatoms. The Bertz CT molecular complexity index is 673. The molecule has 2 aromatic rings. The summed E-state index contributed by atoms with van der Waals surface area (Å²) in [6, 6.07) is 16.4. The average Bonchev–Trinajstić information content (AvgIpc) is 2.62. The summed E-state index contributed by atoms with van der Waals surface area (Å²) in [6.07, 6.45) is 0. The van der Waals surface area contributed by atoms with E-state index in [1.54, 1.807) is 0 Å². The van der Waals surface area contributed by atoms with E-state index in [2.05, 4.69) is 53.6 Å². The molecule has 0 saturated heterocycles. The molecule has 2 aromatic carbocycles. The first-order valence-electron chi connectivity index (χ1n) is 8.72. The number of hydrogen-bond acceptors (Lipinski definition) is 3. The van der Waals surface area contributed by atoms with Crippen molar-refractivity contribution in [1.82, 2.24) is 5.32 Å².